The fourth-order valence-corrected chi connectivity index (χ4v) is 3.05. The fraction of sp³-hybridized carbons (Fsp3) is 0.231. The van der Waals surface area contributed by atoms with E-state index in [0.29, 0.717) is 11.4 Å². The molecule has 0 saturated heterocycles. The van der Waals surface area contributed by atoms with Crippen molar-refractivity contribution in [3.8, 4) is 0 Å². The minimum Gasteiger partial charge on any atom is -0.366 e. The highest BCUT2D eigenvalue weighted by molar-refractivity contribution is 7.89. The van der Waals surface area contributed by atoms with Crippen molar-refractivity contribution >= 4 is 15.9 Å². The van der Waals surface area contributed by atoms with Gasteiger partial charge < -0.3 is 10.7 Å². The normalized spacial score (nSPS) is 11.8. The van der Waals surface area contributed by atoms with Crippen LogP contribution in [0.5, 0.6) is 0 Å². The Kier molecular flexibility index (Phi) is 4.10. The van der Waals surface area contributed by atoms with Crippen LogP contribution < -0.4 is 5.73 Å². The number of nitrogens with two attached hydrogens (primary N) is 1. The number of hydrogen-bond acceptors (Lipinski definition) is 4. The number of aromatic amines is 1. The lowest BCUT2D eigenvalue weighted by molar-refractivity contribution is 0.0999. The monoisotopic (exact) mass is 308 g/mol. The number of carbonyl (C=O) groups is 1. The number of H-pyrrole nitrogens is 1. The van der Waals surface area contributed by atoms with Crippen molar-refractivity contribution in [3.05, 3.63) is 47.5 Å². The fourth-order valence-electron chi connectivity index (χ4n) is 1.89. The van der Waals surface area contributed by atoms with E-state index in [1.54, 1.807) is 25.4 Å². The van der Waals surface area contributed by atoms with Crippen molar-refractivity contribution in [3.63, 3.8) is 0 Å². The number of hydrogen-bond donors (Lipinski definition) is 2. The van der Waals surface area contributed by atoms with Crippen LogP contribution in [0.2, 0.25) is 0 Å². The molecule has 112 valence electrons. The minimum absolute atomic E-state index is 0.0240. The number of carbonyl (C=O) groups excluding carboxylic acids is 1. The Bertz CT molecular complexity index is 754. The van der Waals surface area contributed by atoms with Crippen LogP contribution in [0.3, 0.4) is 0 Å². The number of benzene rings is 1. The third-order valence-electron chi connectivity index (χ3n) is 3.11. The lowest BCUT2D eigenvalue weighted by Crippen LogP contribution is -2.27. The number of primary amides is 1. The second-order valence-electron chi connectivity index (χ2n) is 4.64. The molecule has 0 aliphatic heterocycles. The Labute approximate surface area is 122 Å². The number of rotatable bonds is 5. The van der Waals surface area contributed by atoms with Gasteiger partial charge in [0.1, 0.15) is 5.82 Å². The van der Waals surface area contributed by atoms with Crippen LogP contribution in [-0.2, 0) is 16.6 Å². The molecule has 0 saturated carbocycles. The van der Waals surface area contributed by atoms with Crippen molar-refractivity contribution in [1.29, 1.82) is 0 Å². The Morgan fingerprint density at radius 1 is 1.43 bits per heavy atom. The van der Waals surface area contributed by atoms with Gasteiger partial charge in [0.25, 0.3) is 0 Å². The van der Waals surface area contributed by atoms with E-state index >= 15 is 0 Å². The molecule has 1 amide bonds. The van der Waals surface area contributed by atoms with Crippen LogP contribution in [0.1, 0.15) is 21.7 Å². The van der Waals surface area contributed by atoms with Gasteiger partial charge in [-0.15, -0.1) is 0 Å². The van der Waals surface area contributed by atoms with E-state index in [2.05, 4.69) is 9.97 Å². The van der Waals surface area contributed by atoms with Gasteiger partial charge in [-0.3, -0.25) is 4.79 Å². The summed E-state index contributed by atoms with van der Waals surface area (Å²) < 4.78 is 26.1. The summed E-state index contributed by atoms with van der Waals surface area (Å²) in [5, 5.41) is 0. The summed E-state index contributed by atoms with van der Waals surface area (Å²) in [5.74, 6) is -0.124. The zero-order chi connectivity index (χ0) is 15.6. The van der Waals surface area contributed by atoms with E-state index in [1.165, 1.54) is 19.2 Å². The molecule has 2 rings (SSSR count). The number of amides is 1. The smallest absolute Gasteiger partial charge is 0.249 e. The minimum atomic E-state index is -3.72. The summed E-state index contributed by atoms with van der Waals surface area (Å²) in [6, 6.07) is 4.31. The molecule has 0 unspecified atom stereocenters. The SMILES string of the molecule is Cc1ccc(S(=O)(=O)N(C)Cc2ncc[nH]2)cc1C(N)=O. The third-order valence-corrected chi connectivity index (χ3v) is 4.91. The van der Waals surface area contributed by atoms with Gasteiger partial charge in [0.05, 0.1) is 11.4 Å². The molecule has 3 N–H and O–H groups in total. The predicted octanol–water partition coefficient (Wildman–Crippen LogP) is 0.638. The van der Waals surface area contributed by atoms with Gasteiger partial charge in [-0.1, -0.05) is 6.07 Å². The Morgan fingerprint density at radius 3 is 2.71 bits per heavy atom. The maximum Gasteiger partial charge on any atom is 0.249 e. The topological polar surface area (TPSA) is 109 Å². The average molecular weight is 308 g/mol. The van der Waals surface area contributed by atoms with Crippen molar-refractivity contribution in [2.45, 2.75) is 18.4 Å². The highest BCUT2D eigenvalue weighted by Crippen LogP contribution is 2.19. The lowest BCUT2D eigenvalue weighted by atomic mass is 10.1. The summed E-state index contributed by atoms with van der Waals surface area (Å²) in [6.45, 7) is 1.80. The number of nitrogens with one attached hydrogen (secondary N) is 1. The first-order valence-corrected chi connectivity index (χ1v) is 7.61. The first kappa shape index (κ1) is 15.2. The molecule has 1 heterocycles. The summed E-state index contributed by atoms with van der Waals surface area (Å²) in [6.07, 6.45) is 3.17. The van der Waals surface area contributed by atoms with E-state index in [-0.39, 0.29) is 17.0 Å². The van der Waals surface area contributed by atoms with Gasteiger partial charge in [-0.05, 0) is 24.6 Å². The van der Waals surface area contributed by atoms with E-state index in [4.69, 9.17) is 5.73 Å². The van der Waals surface area contributed by atoms with Crippen LogP contribution in [0.25, 0.3) is 0 Å². The first-order valence-electron chi connectivity index (χ1n) is 6.17. The van der Waals surface area contributed by atoms with Crippen LogP contribution in [-0.4, -0.2) is 35.6 Å². The lowest BCUT2D eigenvalue weighted by Gasteiger charge is -2.16. The first-order chi connectivity index (χ1) is 9.82. The molecule has 0 spiro atoms. The Hall–Kier alpha value is -2.19. The summed E-state index contributed by atoms with van der Waals surface area (Å²) in [7, 11) is -2.28. The standard InChI is InChI=1S/C13H16N4O3S/c1-9-3-4-10(7-11(9)13(14)18)21(19,20)17(2)8-12-15-5-6-16-12/h3-7H,8H2,1-2H3,(H2,14,18)(H,15,16). The van der Waals surface area contributed by atoms with E-state index in [1.807, 2.05) is 0 Å². The molecule has 21 heavy (non-hydrogen) atoms. The van der Waals surface area contributed by atoms with Crippen LogP contribution in [0.4, 0.5) is 0 Å². The summed E-state index contributed by atoms with van der Waals surface area (Å²) >= 11 is 0. The summed E-state index contributed by atoms with van der Waals surface area (Å²) in [4.78, 5) is 18.2. The van der Waals surface area contributed by atoms with Crippen molar-refractivity contribution in [2.24, 2.45) is 5.73 Å². The van der Waals surface area contributed by atoms with Crippen molar-refractivity contribution in [2.75, 3.05) is 7.05 Å². The Morgan fingerprint density at radius 2 is 2.14 bits per heavy atom. The zero-order valence-corrected chi connectivity index (χ0v) is 12.5. The molecule has 0 bridgehead atoms. The van der Waals surface area contributed by atoms with Gasteiger partial charge in [0.2, 0.25) is 15.9 Å². The highest BCUT2D eigenvalue weighted by Gasteiger charge is 2.23. The molecule has 2 aromatic rings. The number of nitrogens with zero attached hydrogens (tertiary/aromatic N) is 2. The van der Waals surface area contributed by atoms with Gasteiger partial charge >= 0.3 is 0 Å². The maximum atomic E-state index is 12.5. The number of sulfonamides is 1. The molecule has 7 nitrogen and oxygen atoms in total. The zero-order valence-electron chi connectivity index (χ0n) is 11.7. The van der Waals surface area contributed by atoms with E-state index < -0.39 is 15.9 Å². The largest absolute Gasteiger partial charge is 0.366 e. The molecule has 1 aromatic carbocycles. The molecular weight excluding hydrogens is 292 g/mol. The number of imidazole rings is 1. The number of aromatic nitrogens is 2. The molecule has 0 aliphatic rings. The molecule has 0 atom stereocenters. The van der Waals surface area contributed by atoms with Crippen LogP contribution in [0.15, 0.2) is 35.5 Å². The third kappa shape index (κ3) is 3.11. The van der Waals surface area contributed by atoms with Gasteiger partial charge in [-0.25, -0.2) is 13.4 Å². The second-order valence-corrected chi connectivity index (χ2v) is 6.68. The second kappa shape index (κ2) is 5.66. The van der Waals surface area contributed by atoms with Crippen LogP contribution >= 0.6 is 0 Å². The molecule has 8 heteroatoms. The van der Waals surface area contributed by atoms with E-state index in [0.717, 1.165) is 4.31 Å². The van der Waals surface area contributed by atoms with Crippen molar-refractivity contribution in [1.82, 2.24) is 14.3 Å². The summed E-state index contributed by atoms with van der Waals surface area (Å²) in [5.41, 5.74) is 6.08. The molecule has 0 radical (unpaired) electrons. The average Bonchev–Trinajstić information content (AvgIpc) is 2.91. The molecule has 0 fully saturated rings. The molecular formula is C13H16N4O3S. The van der Waals surface area contributed by atoms with Gasteiger partial charge in [0, 0.05) is 25.0 Å². The van der Waals surface area contributed by atoms with Crippen molar-refractivity contribution < 1.29 is 13.2 Å². The van der Waals surface area contributed by atoms with Crippen LogP contribution in [0, 0.1) is 6.92 Å². The van der Waals surface area contributed by atoms with E-state index in [9.17, 15) is 13.2 Å². The predicted molar refractivity (Wildman–Crippen MR) is 76.9 cm³/mol. The molecule has 0 aliphatic carbocycles. The highest BCUT2D eigenvalue weighted by atomic mass is 32.2. The maximum absolute atomic E-state index is 12.5. The number of aryl methyl sites for hydroxylation is 1. The Balaban J connectivity index is 2.35. The van der Waals surface area contributed by atoms with Gasteiger partial charge in [-0.2, -0.15) is 4.31 Å². The molecule has 1 aromatic heterocycles. The van der Waals surface area contributed by atoms with Gasteiger partial charge in [0.15, 0.2) is 0 Å². The quantitative estimate of drug-likeness (QED) is 0.844.